The molecule has 0 amide bonds. The molecular weight excluding hydrogens is 514 g/mol. The van der Waals surface area contributed by atoms with Gasteiger partial charge >= 0.3 is 5.97 Å². The summed E-state index contributed by atoms with van der Waals surface area (Å²) in [5, 5.41) is 3.13. The largest absolute Gasteiger partial charge is 0.493 e. The zero-order valence-corrected chi connectivity index (χ0v) is 23.6. The van der Waals surface area contributed by atoms with Gasteiger partial charge in [-0.3, -0.25) is 4.79 Å². The summed E-state index contributed by atoms with van der Waals surface area (Å²) in [5.74, 6) is 1.21. The first-order valence-corrected chi connectivity index (χ1v) is 14.2. The van der Waals surface area contributed by atoms with Crippen LogP contribution in [-0.2, 0) is 22.5 Å². The van der Waals surface area contributed by atoms with Gasteiger partial charge in [0.05, 0.1) is 18.7 Å². The predicted molar refractivity (Wildman–Crippen MR) is 162 cm³/mol. The molecule has 0 radical (unpaired) electrons. The lowest BCUT2D eigenvalue weighted by Gasteiger charge is -2.15. The monoisotopic (exact) mass is 549 g/mol. The molecule has 0 spiro atoms. The van der Waals surface area contributed by atoms with E-state index in [1.165, 1.54) is 5.56 Å². The van der Waals surface area contributed by atoms with E-state index in [1.807, 2.05) is 85.1 Å². The van der Waals surface area contributed by atoms with E-state index in [0.29, 0.717) is 30.1 Å². The number of hydrogen-bond acceptors (Lipinski definition) is 5. The SMILES string of the molecule is CCCc1c(OCCCn2ccc3c(OCC(=O)OCC)cccc32)ccc2cc(C(=O)c3ccccc3)ccc12. The fourth-order valence-corrected chi connectivity index (χ4v) is 5.19. The van der Waals surface area contributed by atoms with E-state index in [9.17, 15) is 9.59 Å². The number of nitrogens with zero attached hydrogens (tertiary/aromatic N) is 1. The van der Waals surface area contributed by atoms with Gasteiger partial charge in [0.25, 0.3) is 0 Å². The van der Waals surface area contributed by atoms with E-state index in [2.05, 4.69) is 17.6 Å². The van der Waals surface area contributed by atoms with Crippen LogP contribution in [0.4, 0.5) is 0 Å². The van der Waals surface area contributed by atoms with Crippen molar-refractivity contribution in [1.82, 2.24) is 4.57 Å². The number of benzene rings is 4. The second-order valence-electron chi connectivity index (χ2n) is 9.92. The minimum Gasteiger partial charge on any atom is -0.493 e. The maximum Gasteiger partial charge on any atom is 0.344 e. The molecule has 5 aromatic rings. The highest BCUT2D eigenvalue weighted by Gasteiger charge is 2.14. The van der Waals surface area contributed by atoms with Gasteiger partial charge in [0.2, 0.25) is 0 Å². The molecule has 0 atom stereocenters. The highest BCUT2D eigenvalue weighted by molar-refractivity contribution is 6.10. The van der Waals surface area contributed by atoms with Crippen LogP contribution in [0.2, 0.25) is 0 Å². The molecule has 0 unspecified atom stereocenters. The summed E-state index contributed by atoms with van der Waals surface area (Å²) in [6.45, 7) is 5.53. The minimum atomic E-state index is -0.377. The van der Waals surface area contributed by atoms with Crippen molar-refractivity contribution in [2.24, 2.45) is 0 Å². The Hall–Kier alpha value is -4.58. The molecular formula is C35H35NO5. The lowest BCUT2D eigenvalue weighted by Crippen LogP contribution is -2.14. The zero-order valence-electron chi connectivity index (χ0n) is 23.6. The lowest BCUT2D eigenvalue weighted by molar-refractivity contribution is -0.145. The highest BCUT2D eigenvalue weighted by atomic mass is 16.6. The maximum atomic E-state index is 13.0. The molecule has 210 valence electrons. The molecule has 0 N–H and O–H groups in total. The Bertz CT molecular complexity index is 1650. The van der Waals surface area contributed by atoms with Crippen LogP contribution in [0.3, 0.4) is 0 Å². The number of carbonyl (C=O) groups is 2. The fraction of sp³-hybridized carbons (Fsp3) is 0.257. The van der Waals surface area contributed by atoms with E-state index in [1.54, 1.807) is 6.92 Å². The van der Waals surface area contributed by atoms with Gasteiger partial charge in [0.15, 0.2) is 12.4 Å². The van der Waals surface area contributed by atoms with Gasteiger partial charge in [-0.15, -0.1) is 0 Å². The van der Waals surface area contributed by atoms with E-state index in [0.717, 1.165) is 53.2 Å². The highest BCUT2D eigenvalue weighted by Crippen LogP contribution is 2.31. The first-order valence-electron chi connectivity index (χ1n) is 14.2. The first-order chi connectivity index (χ1) is 20.1. The van der Waals surface area contributed by atoms with Crippen LogP contribution in [0.15, 0.2) is 91.1 Å². The van der Waals surface area contributed by atoms with Crippen molar-refractivity contribution in [1.29, 1.82) is 0 Å². The number of aryl methyl sites for hydroxylation is 2. The van der Waals surface area contributed by atoms with Gasteiger partial charge in [-0.05, 0) is 60.9 Å². The van der Waals surface area contributed by atoms with E-state index < -0.39 is 0 Å². The topological polar surface area (TPSA) is 66.8 Å². The van der Waals surface area contributed by atoms with Gasteiger partial charge in [-0.25, -0.2) is 4.79 Å². The van der Waals surface area contributed by atoms with Gasteiger partial charge in [0, 0.05) is 34.8 Å². The number of carbonyl (C=O) groups excluding carboxylic acids is 2. The van der Waals surface area contributed by atoms with Crippen LogP contribution in [0.25, 0.3) is 21.7 Å². The number of ether oxygens (including phenoxy) is 3. The van der Waals surface area contributed by atoms with Crippen molar-refractivity contribution < 1.29 is 23.8 Å². The van der Waals surface area contributed by atoms with Crippen LogP contribution < -0.4 is 9.47 Å². The molecule has 0 saturated heterocycles. The van der Waals surface area contributed by atoms with Crippen molar-refractivity contribution in [2.45, 2.75) is 39.7 Å². The normalized spacial score (nSPS) is 11.1. The molecule has 0 saturated carbocycles. The summed E-state index contributed by atoms with van der Waals surface area (Å²) in [6.07, 6.45) is 4.76. The number of rotatable bonds is 13. The third-order valence-electron chi connectivity index (χ3n) is 7.11. The Morgan fingerprint density at radius 1 is 0.780 bits per heavy atom. The van der Waals surface area contributed by atoms with Gasteiger partial charge in [0.1, 0.15) is 11.5 Å². The van der Waals surface area contributed by atoms with Crippen LogP contribution in [0.5, 0.6) is 11.5 Å². The molecule has 1 heterocycles. The zero-order chi connectivity index (χ0) is 28.6. The van der Waals surface area contributed by atoms with E-state index in [4.69, 9.17) is 14.2 Å². The molecule has 6 nitrogen and oxygen atoms in total. The first kappa shape index (κ1) is 28.0. The van der Waals surface area contributed by atoms with Crippen LogP contribution >= 0.6 is 0 Å². The third-order valence-corrected chi connectivity index (χ3v) is 7.11. The Morgan fingerprint density at radius 3 is 2.44 bits per heavy atom. The molecule has 5 rings (SSSR count). The van der Waals surface area contributed by atoms with Gasteiger partial charge < -0.3 is 18.8 Å². The standard InChI is InChI=1S/C35H35NO5/c1-3-10-29-28-17-15-27(35(38)25-11-6-5-7-12-25)23-26(28)16-18-33(29)40-22-9-20-36-21-19-30-31(36)13-8-14-32(30)41-24-34(37)39-4-2/h5-8,11-19,21,23H,3-4,9-10,20,22,24H2,1-2H3. The summed E-state index contributed by atoms with van der Waals surface area (Å²) in [6, 6.07) is 27.3. The van der Waals surface area contributed by atoms with Crippen molar-refractivity contribution in [3.63, 3.8) is 0 Å². The van der Waals surface area contributed by atoms with Crippen molar-refractivity contribution >= 4 is 33.4 Å². The number of aromatic nitrogens is 1. The molecule has 0 aliphatic heterocycles. The molecule has 41 heavy (non-hydrogen) atoms. The smallest absolute Gasteiger partial charge is 0.344 e. The average molecular weight is 550 g/mol. The number of esters is 1. The maximum absolute atomic E-state index is 13.0. The summed E-state index contributed by atoms with van der Waals surface area (Å²) >= 11 is 0. The number of hydrogen-bond donors (Lipinski definition) is 0. The van der Waals surface area contributed by atoms with Crippen LogP contribution in [0.1, 0.15) is 48.2 Å². The van der Waals surface area contributed by atoms with E-state index >= 15 is 0 Å². The predicted octanol–water partition coefficient (Wildman–Crippen LogP) is 7.39. The lowest BCUT2D eigenvalue weighted by atomic mass is 9.95. The Labute approximate surface area is 240 Å². The summed E-state index contributed by atoms with van der Waals surface area (Å²) in [4.78, 5) is 24.7. The van der Waals surface area contributed by atoms with Crippen LogP contribution in [-0.4, -0.2) is 36.1 Å². The fourth-order valence-electron chi connectivity index (χ4n) is 5.19. The van der Waals surface area contributed by atoms with Gasteiger partial charge in [-0.2, -0.15) is 0 Å². The second-order valence-corrected chi connectivity index (χ2v) is 9.92. The van der Waals surface area contributed by atoms with E-state index in [-0.39, 0.29) is 18.4 Å². The van der Waals surface area contributed by atoms with Crippen molar-refractivity contribution in [2.75, 3.05) is 19.8 Å². The number of fused-ring (bicyclic) bond motifs is 2. The molecule has 0 bridgehead atoms. The molecule has 6 heteroatoms. The average Bonchev–Trinajstić information content (AvgIpc) is 3.42. The summed E-state index contributed by atoms with van der Waals surface area (Å²) in [7, 11) is 0. The molecule has 0 aliphatic carbocycles. The van der Waals surface area contributed by atoms with Crippen molar-refractivity contribution in [3.05, 3.63) is 108 Å². The quantitative estimate of drug-likeness (QED) is 0.0870. The summed E-state index contributed by atoms with van der Waals surface area (Å²) in [5.41, 5.74) is 3.60. The van der Waals surface area contributed by atoms with Crippen LogP contribution in [0, 0.1) is 0 Å². The Kier molecular flexibility index (Phi) is 8.99. The molecule has 0 fully saturated rings. The summed E-state index contributed by atoms with van der Waals surface area (Å²) < 4.78 is 19.2. The molecule has 0 aliphatic rings. The van der Waals surface area contributed by atoms with Crippen molar-refractivity contribution in [3.8, 4) is 11.5 Å². The Morgan fingerprint density at radius 2 is 1.63 bits per heavy atom. The van der Waals surface area contributed by atoms with Gasteiger partial charge in [-0.1, -0.05) is 67.9 Å². The second kappa shape index (κ2) is 13.2. The molecule has 4 aromatic carbocycles. The number of ketones is 1. The minimum absolute atomic E-state index is 0.0279. The molecule has 1 aromatic heterocycles. The Balaban J connectivity index is 1.25. The third kappa shape index (κ3) is 6.43.